The summed E-state index contributed by atoms with van der Waals surface area (Å²) in [6.45, 7) is 10.3. The van der Waals surface area contributed by atoms with E-state index in [4.69, 9.17) is 5.26 Å². The first-order valence-electron chi connectivity index (χ1n) is 5.97. The number of nitriles is 1. The third-order valence-electron chi connectivity index (χ3n) is 2.74. The van der Waals surface area contributed by atoms with Gasteiger partial charge in [0.25, 0.3) is 0 Å². The van der Waals surface area contributed by atoms with Crippen molar-refractivity contribution in [3.8, 4) is 6.07 Å². The first kappa shape index (κ1) is 14.5. The average Bonchev–Trinajstić information content (AvgIpc) is 2.01. The van der Waals surface area contributed by atoms with Crippen LogP contribution in [0.1, 0.15) is 53.9 Å². The van der Waals surface area contributed by atoms with E-state index in [-0.39, 0.29) is 5.92 Å². The Morgan fingerprint density at radius 3 is 1.73 bits per heavy atom. The normalized spacial score (nSPS) is 14.3. The van der Waals surface area contributed by atoms with Gasteiger partial charge in [-0.15, -0.1) is 0 Å². The van der Waals surface area contributed by atoms with Gasteiger partial charge in [0.15, 0.2) is 0 Å². The van der Waals surface area contributed by atoms with Gasteiger partial charge in [0, 0.05) is 0 Å². The van der Waals surface area contributed by atoms with E-state index < -0.39 is 5.60 Å². The number of rotatable bonds is 6. The number of hydrogen-bond donors (Lipinski definition) is 1. The summed E-state index contributed by atoms with van der Waals surface area (Å²) in [6, 6.07) is 2.25. The van der Waals surface area contributed by atoms with E-state index in [0.717, 1.165) is 19.3 Å². The molecule has 0 aromatic carbocycles. The van der Waals surface area contributed by atoms with Crippen LogP contribution < -0.4 is 0 Å². The quantitative estimate of drug-likeness (QED) is 0.732. The molecule has 1 unspecified atom stereocenters. The third kappa shape index (κ3) is 4.66. The van der Waals surface area contributed by atoms with Crippen LogP contribution in [0.5, 0.6) is 0 Å². The van der Waals surface area contributed by atoms with Crippen LogP contribution in [0.25, 0.3) is 0 Å². The van der Waals surface area contributed by atoms with Gasteiger partial charge in [0.2, 0.25) is 0 Å². The Balaban J connectivity index is 4.75. The van der Waals surface area contributed by atoms with E-state index in [1.165, 1.54) is 0 Å². The fourth-order valence-corrected chi connectivity index (χ4v) is 2.37. The van der Waals surface area contributed by atoms with Crippen molar-refractivity contribution < 1.29 is 5.11 Å². The molecule has 2 nitrogen and oxygen atoms in total. The molecule has 0 bridgehead atoms. The van der Waals surface area contributed by atoms with Crippen LogP contribution in [0.3, 0.4) is 0 Å². The monoisotopic (exact) mass is 211 g/mol. The van der Waals surface area contributed by atoms with Gasteiger partial charge in [-0.25, -0.2) is 0 Å². The molecule has 0 saturated carbocycles. The molecular formula is C13H25NO. The molecule has 0 aliphatic carbocycles. The first-order valence-corrected chi connectivity index (χ1v) is 5.97. The first-order chi connectivity index (χ1) is 6.85. The van der Waals surface area contributed by atoms with E-state index in [0.29, 0.717) is 11.8 Å². The second-order valence-electron chi connectivity index (χ2n) is 5.39. The molecule has 0 aromatic rings. The molecule has 2 heteroatoms. The minimum atomic E-state index is -0.800. The summed E-state index contributed by atoms with van der Waals surface area (Å²) < 4.78 is 0. The summed E-state index contributed by atoms with van der Waals surface area (Å²) in [5, 5.41) is 19.7. The Hall–Kier alpha value is -0.550. The number of nitrogens with zero attached hydrogens (tertiary/aromatic N) is 1. The molecule has 0 radical (unpaired) electrons. The van der Waals surface area contributed by atoms with Gasteiger partial charge < -0.3 is 5.11 Å². The van der Waals surface area contributed by atoms with Crippen molar-refractivity contribution >= 4 is 0 Å². The van der Waals surface area contributed by atoms with Crippen molar-refractivity contribution in [1.29, 1.82) is 5.26 Å². The summed E-state index contributed by atoms with van der Waals surface area (Å²) in [5.74, 6) is 0.620. The lowest BCUT2D eigenvalue weighted by Gasteiger charge is -2.35. The molecule has 0 aliphatic rings. The molecule has 0 aromatic heterocycles. The van der Waals surface area contributed by atoms with Crippen molar-refractivity contribution in [2.75, 3.05) is 0 Å². The summed E-state index contributed by atoms with van der Waals surface area (Å²) in [6.07, 6.45) is 2.17. The lowest BCUT2D eigenvalue weighted by molar-refractivity contribution is -0.0348. The topological polar surface area (TPSA) is 44.0 Å². The summed E-state index contributed by atoms with van der Waals surface area (Å²) in [4.78, 5) is 0. The highest BCUT2D eigenvalue weighted by atomic mass is 16.3. The van der Waals surface area contributed by atoms with Crippen molar-refractivity contribution in [3.63, 3.8) is 0 Å². The highest BCUT2D eigenvalue weighted by molar-refractivity contribution is 4.98. The molecule has 0 fully saturated rings. The minimum Gasteiger partial charge on any atom is -0.389 e. The van der Waals surface area contributed by atoms with Gasteiger partial charge in [-0.1, -0.05) is 34.6 Å². The fourth-order valence-electron chi connectivity index (χ4n) is 2.37. The van der Waals surface area contributed by atoms with Crippen LogP contribution in [0.2, 0.25) is 0 Å². The molecule has 0 rings (SSSR count). The van der Waals surface area contributed by atoms with E-state index >= 15 is 0 Å². The molecule has 15 heavy (non-hydrogen) atoms. The molecule has 88 valence electrons. The van der Waals surface area contributed by atoms with E-state index in [2.05, 4.69) is 33.8 Å². The standard InChI is InChI=1S/C13H25NO/c1-6-12(9-14)13(15,7-10(2)3)8-11(4)5/h10-12,15H,6-8H2,1-5H3. The maximum Gasteiger partial charge on any atom is 0.0810 e. The predicted octanol–water partition coefficient (Wildman–Crippen LogP) is 3.36. The Morgan fingerprint density at radius 2 is 1.53 bits per heavy atom. The second-order valence-corrected chi connectivity index (χ2v) is 5.39. The zero-order valence-electron chi connectivity index (χ0n) is 10.7. The van der Waals surface area contributed by atoms with Crippen molar-refractivity contribution in [2.45, 2.75) is 59.5 Å². The average molecular weight is 211 g/mol. The van der Waals surface area contributed by atoms with Crippen LogP contribution in [0.15, 0.2) is 0 Å². The Morgan fingerprint density at radius 1 is 1.13 bits per heavy atom. The molecule has 1 N–H and O–H groups in total. The van der Waals surface area contributed by atoms with E-state index in [9.17, 15) is 5.11 Å². The molecule has 0 heterocycles. The van der Waals surface area contributed by atoms with Gasteiger partial charge in [-0.3, -0.25) is 0 Å². The fraction of sp³-hybridized carbons (Fsp3) is 0.923. The number of hydrogen-bond acceptors (Lipinski definition) is 2. The highest BCUT2D eigenvalue weighted by Gasteiger charge is 2.36. The molecule has 0 amide bonds. The summed E-state index contributed by atoms with van der Waals surface area (Å²) in [7, 11) is 0. The highest BCUT2D eigenvalue weighted by Crippen LogP contribution is 2.33. The second kappa shape index (κ2) is 6.12. The molecule has 0 aliphatic heterocycles. The molecular weight excluding hydrogens is 186 g/mol. The van der Waals surface area contributed by atoms with Gasteiger partial charge in [-0.2, -0.15) is 5.26 Å². The van der Waals surface area contributed by atoms with E-state index in [1.54, 1.807) is 0 Å². The van der Waals surface area contributed by atoms with Crippen LogP contribution >= 0.6 is 0 Å². The molecule has 0 saturated heterocycles. The minimum absolute atomic E-state index is 0.234. The van der Waals surface area contributed by atoms with Crippen LogP contribution in [-0.4, -0.2) is 10.7 Å². The third-order valence-corrected chi connectivity index (χ3v) is 2.74. The van der Waals surface area contributed by atoms with Crippen LogP contribution in [0, 0.1) is 29.1 Å². The summed E-state index contributed by atoms with van der Waals surface area (Å²) in [5.41, 5.74) is -0.800. The SMILES string of the molecule is CCC(C#N)C(O)(CC(C)C)CC(C)C. The van der Waals surface area contributed by atoms with Crippen molar-refractivity contribution in [1.82, 2.24) is 0 Å². The summed E-state index contributed by atoms with van der Waals surface area (Å²) >= 11 is 0. The van der Waals surface area contributed by atoms with Crippen LogP contribution in [0.4, 0.5) is 0 Å². The zero-order valence-corrected chi connectivity index (χ0v) is 10.7. The van der Waals surface area contributed by atoms with E-state index in [1.807, 2.05) is 6.92 Å². The lowest BCUT2D eigenvalue weighted by Crippen LogP contribution is -2.39. The van der Waals surface area contributed by atoms with Gasteiger partial charge in [-0.05, 0) is 31.1 Å². The molecule has 1 atom stereocenters. The number of aliphatic hydroxyl groups is 1. The Labute approximate surface area is 94.3 Å². The zero-order chi connectivity index (χ0) is 12.1. The van der Waals surface area contributed by atoms with Gasteiger partial charge >= 0.3 is 0 Å². The maximum atomic E-state index is 10.6. The van der Waals surface area contributed by atoms with Crippen molar-refractivity contribution in [3.05, 3.63) is 0 Å². The van der Waals surface area contributed by atoms with Gasteiger partial charge in [0.05, 0.1) is 17.6 Å². The van der Waals surface area contributed by atoms with Crippen LogP contribution in [-0.2, 0) is 0 Å². The smallest absolute Gasteiger partial charge is 0.0810 e. The maximum absolute atomic E-state index is 10.6. The lowest BCUT2D eigenvalue weighted by atomic mass is 9.75. The van der Waals surface area contributed by atoms with Gasteiger partial charge in [0.1, 0.15) is 0 Å². The van der Waals surface area contributed by atoms with Crippen molar-refractivity contribution in [2.24, 2.45) is 17.8 Å². The molecule has 0 spiro atoms. The Kier molecular flexibility index (Phi) is 5.90. The largest absolute Gasteiger partial charge is 0.389 e. The Bertz CT molecular complexity index is 205. The predicted molar refractivity (Wildman–Crippen MR) is 63.3 cm³/mol.